The van der Waals surface area contributed by atoms with Crippen molar-refractivity contribution in [1.82, 2.24) is 5.32 Å². The molecule has 2 unspecified atom stereocenters. The van der Waals surface area contributed by atoms with Crippen molar-refractivity contribution in [2.24, 2.45) is 0 Å². The maximum absolute atomic E-state index is 12.5. The summed E-state index contributed by atoms with van der Waals surface area (Å²) >= 11 is 0. The molecule has 3 N–H and O–H groups in total. The maximum atomic E-state index is 12.5. The van der Waals surface area contributed by atoms with Gasteiger partial charge in [-0.05, 0) is 103 Å². The van der Waals surface area contributed by atoms with Crippen LogP contribution in [-0.2, 0) is 4.79 Å². The number of amides is 1. The van der Waals surface area contributed by atoms with Crippen molar-refractivity contribution in [3.05, 3.63) is 122 Å². The molecule has 0 spiro atoms. The summed E-state index contributed by atoms with van der Waals surface area (Å²) < 4.78 is 0. The van der Waals surface area contributed by atoms with Crippen molar-refractivity contribution in [3.63, 3.8) is 0 Å². The van der Waals surface area contributed by atoms with Crippen molar-refractivity contribution in [2.45, 2.75) is 283 Å². The van der Waals surface area contributed by atoms with Crippen molar-refractivity contribution in [1.29, 1.82) is 0 Å². The fourth-order valence-electron chi connectivity index (χ4n) is 8.43. The molecule has 0 heterocycles. The van der Waals surface area contributed by atoms with Gasteiger partial charge in [-0.1, -0.05) is 283 Å². The van der Waals surface area contributed by atoms with Crippen LogP contribution in [0, 0.1) is 0 Å². The van der Waals surface area contributed by atoms with Crippen LogP contribution >= 0.6 is 0 Å². The smallest absolute Gasteiger partial charge is 0.220 e. The minimum Gasteiger partial charge on any atom is -0.394 e. The predicted octanol–water partition coefficient (Wildman–Crippen LogP) is 20.0. The topological polar surface area (TPSA) is 69.6 Å². The zero-order valence-corrected chi connectivity index (χ0v) is 46.0. The van der Waals surface area contributed by atoms with Crippen LogP contribution in [0.1, 0.15) is 271 Å². The molecule has 0 radical (unpaired) electrons. The van der Waals surface area contributed by atoms with Gasteiger partial charge in [-0.3, -0.25) is 4.79 Å². The van der Waals surface area contributed by atoms with E-state index in [1.165, 1.54) is 167 Å². The number of allylic oxidation sites excluding steroid dienone is 19. The standard InChI is InChI=1S/C66H113NO3/c1-3-5-7-9-11-13-15-17-19-21-23-24-25-26-27-28-29-30-31-32-33-34-35-36-37-38-39-40-41-42-44-46-48-50-52-54-56-58-60-62-66(70)67-64(63-68)65(69)61-59-57-55-53-51-49-47-45-43-22-20-18-16-14-12-10-8-6-4-2/h5,7,11,13,17,19,23-24,26-27,29-30,32-33,43,45,51,53,59,61,64-65,68-69H,3-4,6,8-10,12,14-16,18,20-22,25,28,31,34-42,44,46-50,52,54-58,60,62-63H2,1-2H3,(H,67,70)/b7-5-,13-11-,19-17-,24-23-,27-26-,30-29-,33-32-,45-43+,53-51+,61-59+. The number of carbonyl (C=O) groups is 1. The van der Waals surface area contributed by atoms with Gasteiger partial charge in [0, 0.05) is 6.42 Å². The summed E-state index contributed by atoms with van der Waals surface area (Å²) in [6, 6.07) is -0.652. The van der Waals surface area contributed by atoms with Crippen molar-refractivity contribution < 1.29 is 15.0 Å². The Labute approximate surface area is 435 Å². The minimum absolute atomic E-state index is 0.0796. The van der Waals surface area contributed by atoms with E-state index in [-0.39, 0.29) is 12.5 Å². The molecule has 2 atom stereocenters. The van der Waals surface area contributed by atoms with Crippen LogP contribution in [0.5, 0.6) is 0 Å². The Bertz CT molecular complexity index is 1380. The molecule has 70 heavy (non-hydrogen) atoms. The molecule has 0 aliphatic heterocycles. The molecule has 0 bridgehead atoms. The molecule has 0 aliphatic rings. The fraction of sp³-hybridized carbons (Fsp3) is 0.682. The van der Waals surface area contributed by atoms with Crippen LogP contribution in [0.15, 0.2) is 122 Å². The van der Waals surface area contributed by atoms with Crippen LogP contribution in [0.3, 0.4) is 0 Å². The summed E-state index contributed by atoms with van der Waals surface area (Å²) in [7, 11) is 0. The lowest BCUT2D eigenvalue weighted by atomic mass is 10.0. The third-order valence-corrected chi connectivity index (χ3v) is 12.9. The summed E-state index contributed by atoms with van der Waals surface area (Å²) in [6.07, 6.45) is 92.3. The van der Waals surface area contributed by atoms with E-state index >= 15 is 0 Å². The van der Waals surface area contributed by atoms with Crippen LogP contribution in [0.25, 0.3) is 0 Å². The lowest BCUT2D eigenvalue weighted by molar-refractivity contribution is -0.123. The van der Waals surface area contributed by atoms with Gasteiger partial charge in [0.15, 0.2) is 0 Å². The van der Waals surface area contributed by atoms with Gasteiger partial charge in [0.1, 0.15) is 0 Å². The van der Waals surface area contributed by atoms with Crippen LogP contribution in [-0.4, -0.2) is 34.9 Å². The van der Waals surface area contributed by atoms with E-state index in [2.05, 4.69) is 129 Å². The number of aliphatic hydroxyl groups excluding tert-OH is 2. The van der Waals surface area contributed by atoms with Crippen molar-refractivity contribution in [2.75, 3.05) is 6.61 Å². The molecular weight excluding hydrogens is 855 g/mol. The molecule has 4 heteroatoms. The molecule has 0 aromatic heterocycles. The van der Waals surface area contributed by atoms with Gasteiger partial charge in [-0.2, -0.15) is 0 Å². The molecule has 400 valence electrons. The first-order valence-electron chi connectivity index (χ1n) is 29.7. The summed E-state index contributed by atoms with van der Waals surface area (Å²) in [4.78, 5) is 12.5. The van der Waals surface area contributed by atoms with Gasteiger partial charge in [0.25, 0.3) is 0 Å². The highest BCUT2D eigenvalue weighted by Gasteiger charge is 2.18. The molecule has 0 fully saturated rings. The fourth-order valence-corrected chi connectivity index (χ4v) is 8.43. The highest BCUT2D eigenvalue weighted by molar-refractivity contribution is 5.76. The number of aliphatic hydroxyl groups is 2. The molecule has 4 nitrogen and oxygen atoms in total. The molecule has 0 aromatic carbocycles. The Balaban J connectivity index is 3.55. The van der Waals surface area contributed by atoms with Crippen LogP contribution in [0.2, 0.25) is 0 Å². The Morgan fingerprint density at radius 1 is 0.357 bits per heavy atom. The van der Waals surface area contributed by atoms with Gasteiger partial charge in [0.05, 0.1) is 18.8 Å². The lowest BCUT2D eigenvalue weighted by Gasteiger charge is -2.19. The Hall–Kier alpha value is -3.21. The third kappa shape index (κ3) is 55.7. The van der Waals surface area contributed by atoms with E-state index in [4.69, 9.17) is 0 Å². The van der Waals surface area contributed by atoms with Gasteiger partial charge >= 0.3 is 0 Å². The van der Waals surface area contributed by atoms with E-state index in [0.29, 0.717) is 6.42 Å². The number of hydrogen-bond donors (Lipinski definition) is 3. The highest BCUT2D eigenvalue weighted by Crippen LogP contribution is 2.16. The van der Waals surface area contributed by atoms with Gasteiger partial charge in [-0.15, -0.1) is 0 Å². The molecule has 0 aromatic rings. The Kier molecular flexibility index (Phi) is 57.3. The van der Waals surface area contributed by atoms with E-state index in [0.717, 1.165) is 83.5 Å². The van der Waals surface area contributed by atoms with E-state index in [1.54, 1.807) is 6.08 Å². The van der Waals surface area contributed by atoms with Crippen molar-refractivity contribution >= 4 is 5.91 Å². The van der Waals surface area contributed by atoms with E-state index in [9.17, 15) is 15.0 Å². The van der Waals surface area contributed by atoms with E-state index < -0.39 is 12.1 Å². The monoisotopic (exact) mass is 968 g/mol. The SMILES string of the molecule is CC/C=C\C/C=C\C/C=C\C/C=C\C/C=C\C/C=C\C/C=C\CCCCCCCCCCCCCCCCCCCC(=O)NC(CO)C(O)/C=C/CC/C=C/CC/C=C/CCCCCCCCCCC. The first-order valence-corrected chi connectivity index (χ1v) is 29.7. The highest BCUT2D eigenvalue weighted by atomic mass is 16.3. The first kappa shape index (κ1) is 66.8. The molecule has 0 aliphatic carbocycles. The number of carbonyl (C=O) groups excluding carboxylic acids is 1. The summed E-state index contributed by atoms with van der Waals surface area (Å²) in [5.41, 5.74) is 0. The average molecular weight is 969 g/mol. The number of rotatable bonds is 53. The zero-order valence-electron chi connectivity index (χ0n) is 46.0. The van der Waals surface area contributed by atoms with Crippen LogP contribution in [0.4, 0.5) is 0 Å². The zero-order chi connectivity index (χ0) is 50.6. The summed E-state index contributed by atoms with van der Waals surface area (Å²) in [5.74, 6) is -0.0796. The Morgan fingerprint density at radius 2 is 0.643 bits per heavy atom. The molecule has 1 amide bonds. The predicted molar refractivity (Wildman–Crippen MR) is 312 cm³/mol. The van der Waals surface area contributed by atoms with Crippen LogP contribution < -0.4 is 5.32 Å². The quantitative estimate of drug-likeness (QED) is 0.0420. The average Bonchev–Trinajstić information content (AvgIpc) is 3.36. The second kappa shape index (κ2) is 60.1. The lowest BCUT2D eigenvalue weighted by Crippen LogP contribution is -2.45. The normalized spacial score (nSPS) is 13.7. The molecule has 0 saturated heterocycles. The van der Waals surface area contributed by atoms with Gasteiger partial charge < -0.3 is 15.5 Å². The summed E-state index contributed by atoms with van der Waals surface area (Å²) in [6.45, 7) is 4.18. The molecule has 0 rings (SSSR count). The second-order valence-electron chi connectivity index (χ2n) is 19.7. The third-order valence-electron chi connectivity index (χ3n) is 12.9. The largest absolute Gasteiger partial charge is 0.394 e. The maximum Gasteiger partial charge on any atom is 0.220 e. The Morgan fingerprint density at radius 3 is 1.00 bits per heavy atom. The van der Waals surface area contributed by atoms with Gasteiger partial charge in [-0.25, -0.2) is 0 Å². The molecular formula is C66H113NO3. The number of hydrogen-bond acceptors (Lipinski definition) is 3. The number of nitrogens with one attached hydrogen (secondary N) is 1. The van der Waals surface area contributed by atoms with Crippen molar-refractivity contribution in [3.8, 4) is 0 Å². The van der Waals surface area contributed by atoms with Gasteiger partial charge in [0.2, 0.25) is 5.91 Å². The number of unbranched alkanes of at least 4 members (excludes halogenated alkanes) is 28. The first-order chi connectivity index (χ1) is 34.7. The summed E-state index contributed by atoms with van der Waals surface area (Å²) in [5, 5.41) is 23.1. The van der Waals surface area contributed by atoms with E-state index in [1.807, 2.05) is 6.08 Å². The minimum atomic E-state index is -0.876. The second-order valence-corrected chi connectivity index (χ2v) is 19.7. The molecule has 0 saturated carbocycles.